The van der Waals surface area contributed by atoms with Crippen LogP contribution in [0.1, 0.15) is 25.7 Å². The smallest absolute Gasteiger partial charge is 0.237 e. The highest BCUT2D eigenvalue weighted by Gasteiger charge is 2.28. The molecule has 4 rings (SSSR count). The molecule has 0 aliphatic carbocycles. The van der Waals surface area contributed by atoms with Crippen LogP contribution in [0.5, 0.6) is 5.75 Å². The van der Waals surface area contributed by atoms with Crippen LogP contribution in [0, 0.1) is 5.82 Å². The quantitative estimate of drug-likeness (QED) is 0.890. The Kier molecular flexibility index (Phi) is 5.22. The molecule has 2 fully saturated rings. The van der Waals surface area contributed by atoms with E-state index < -0.39 is 0 Å². The van der Waals surface area contributed by atoms with E-state index in [1.807, 2.05) is 18.2 Å². The van der Waals surface area contributed by atoms with Gasteiger partial charge in [0.25, 0.3) is 0 Å². The maximum Gasteiger partial charge on any atom is 0.237 e. The van der Waals surface area contributed by atoms with Crippen molar-refractivity contribution in [2.75, 3.05) is 26.2 Å². The second-order valence-electron chi connectivity index (χ2n) is 7.37. The predicted octanol–water partition coefficient (Wildman–Crippen LogP) is 2.12. The lowest BCUT2D eigenvalue weighted by Gasteiger charge is -2.33. The van der Waals surface area contributed by atoms with Gasteiger partial charge >= 0.3 is 0 Å². The summed E-state index contributed by atoms with van der Waals surface area (Å²) in [4.78, 5) is 20.5. The van der Waals surface area contributed by atoms with E-state index in [0.29, 0.717) is 17.7 Å². The van der Waals surface area contributed by atoms with Gasteiger partial charge in [0, 0.05) is 25.0 Å². The van der Waals surface area contributed by atoms with Gasteiger partial charge in [0.15, 0.2) is 0 Å². The van der Waals surface area contributed by atoms with Gasteiger partial charge in [-0.2, -0.15) is 0 Å². The molecule has 1 aromatic heterocycles. The van der Waals surface area contributed by atoms with E-state index in [-0.39, 0.29) is 24.0 Å². The molecule has 2 N–H and O–H groups in total. The van der Waals surface area contributed by atoms with Crippen LogP contribution in [0.25, 0.3) is 10.9 Å². The second kappa shape index (κ2) is 7.78. The summed E-state index contributed by atoms with van der Waals surface area (Å²) >= 11 is 0. The van der Waals surface area contributed by atoms with Crippen LogP contribution in [0.4, 0.5) is 4.39 Å². The number of aromatic nitrogens is 1. The first kappa shape index (κ1) is 18.1. The summed E-state index contributed by atoms with van der Waals surface area (Å²) < 4.78 is 19.7. The van der Waals surface area contributed by atoms with Crippen LogP contribution in [0.15, 0.2) is 30.5 Å². The van der Waals surface area contributed by atoms with Crippen molar-refractivity contribution in [3.8, 4) is 5.75 Å². The van der Waals surface area contributed by atoms with Gasteiger partial charge in [0.1, 0.15) is 17.7 Å². The number of carbonyl (C=O) groups is 1. The Hall–Kier alpha value is -2.25. The number of hydrogen-bond donors (Lipinski definition) is 1. The molecular weight excluding hydrogens is 347 g/mol. The van der Waals surface area contributed by atoms with Gasteiger partial charge in [-0.1, -0.05) is 6.07 Å². The number of carbonyl (C=O) groups excluding carboxylic acids is 1. The first-order chi connectivity index (χ1) is 13.1. The molecule has 0 spiro atoms. The maximum atomic E-state index is 13.6. The molecule has 0 saturated carbocycles. The average molecular weight is 372 g/mol. The lowest BCUT2D eigenvalue weighted by Crippen LogP contribution is -2.48. The highest BCUT2D eigenvalue weighted by Crippen LogP contribution is 2.27. The summed E-state index contributed by atoms with van der Waals surface area (Å²) in [5.74, 6) is 0.416. The molecule has 144 valence electrons. The highest BCUT2D eigenvalue weighted by atomic mass is 19.1. The normalized spacial score (nSPS) is 21.7. The summed E-state index contributed by atoms with van der Waals surface area (Å²) in [6.45, 7) is 2.79. The third-order valence-electron chi connectivity index (χ3n) is 5.46. The Bertz CT molecular complexity index is 823. The Balaban J connectivity index is 1.33. The number of ether oxygens (including phenoxy) is 1. The largest absolute Gasteiger partial charge is 0.490 e. The van der Waals surface area contributed by atoms with Crippen LogP contribution < -0.4 is 10.5 Å². The van der Waals surface area contributed by atoms with Crippen LogP contribution in [0.3, 0.4) is 0 Å². The van der Waals surface area contributed by atoms with Crippen molar-refractivity contribution in [3.63, 3.8) is 0 Å². The molecule has 2 saturated heterocycles. The summed E-state index contributed by atoms with van der Waals surface area (Å²) in [6, 6.07) is 7.04. The van der Waals surface area contributed by atoms with Crippen LogP contribution >= 0.6 is 0 Å². The van der Waals surface area contributed by atoms with Gasteiger partial charge in [0.2, 0.25) is 5.91 Å². The SMILES string of the molecule is N[C@@H]1CCCN1C(=O)CN1CCC(Oc2cccc3ncc(F)cc23)CC1. The standard InChI is InChI=1S/C20H25FN4O2/c21-14-11-16-17(23-12-14)3-1-4-18(16)27-15-6-9-24(10-7-15)13-20(26)25-8-2-5-19(25)22/h1,3-4,11-12,15,19H,2,5-10,13,22H2/t19-/m0/s1. The molecule has 27 heavy (non-hydrogen) atoms. The molecule has 6 nitrogen and oxygen atoms in total. The molecule has 1 amide bonds. The minimum atomic E-state index is -0.369. The third kappa shape index (κ3) is 4.04. The molecule has 3 heterocycles. The van der Waals surface area contributed by atoms with E-state index in [1.165, 1.54) is 12.3 Å². The molecular formula is C20H25FN4O2. The third-order valence-corrected chi connectivity index (χ3v) is 5.46. The fraction of sp³-hybridized carbons (Fsp3) is 0.500. The van der Waals surface area contributed by atoms with Crippen molar-refractivity contribution in [1.82, 2.24) is 14.8 Å². The van der Waals surface area contributed by atoms with Crippen molar-refractivity contribution in [2.45, 2.75) is 38.0 Å². The summed E-state index contributed by atoms with van der Waals surface area (Å²) in [5.41, 5.74) is 6.71. The zero-order chi connectivity index (χ0) is 18.8. The lowest BCUT2D eigenvalue weighted by atomic mass is 10.1. The Labute approximate surface area is 158 Å². The van der Waals surface area contributed by atoms with Gasteiger partial charge in [0.05, 0.1) is 24.4 Å². The van der Waals surface area contributed by atoms with E-state index in [9.17, 15) is 9.18 Å². The number of fused-ring (bicyclic) bond motifs is 1. The minimum absolute atomic E-state index is 0.0549. The monoisotopic (exact) mass is 372 g/mol. The zero-order valence-electron chi connectivity index (χ0n) is 15.3. The van der Waals surface area contributed by atoms with Crippen molar-refractivity contribution < 1.29 is 13.9 Å². The average Bonchev–Trinajstić information content (AvgIpc) is 3.10. The number of nitrogens with two attached hydrogens (primary N) is 1. The maximum absolute atomic E-state index is 13.6. The molecule has 0 bridgehead atoms. The number of hydrogen-bond acceptors (Lipinski definition) is 5. The number of rotatable bonds is 4. The highest BCUT2D eigenvalue weighted by molar-refractivity contribution is 5.85. The van der Waals surface area contributed by atoms with E-state index in [4.69, 9.17) is 10.5 Å². The van der Waals surface area contributed by atoms with Crippen LogP contribution in [0.2, 0.25) is 0 Å². The molecule has 1 atom stereocenters. The number of amides is 1. The number of likely N-dealkylation sites (tertiary alicyclic amines) is 2. The van der Waals surface area contributed by atoms with Crippen molar-refractivity contribution in [2.24, 2.45) is 5.73 Å². The number of halogens is 1. The number of benzene rings is 1. The fourth-order valence-electron chi connectivity index (χ4n) is 3.95. The molecule has 2 aromatic rings. The Morgan fingerprint density at radius 2 is 2.07 bits per heavy atom. The van der Waals surface area contributed by atoms with E-state index in [0.717, 1.165) is 50.8 Å². The summed E-state index contributed by atoms with van der Waals surface area (Å²) in [7, 11) is 0. The molecule has 7 heteroatoms. The molecule has 0 unspecified atom stereocenters. The predicted molar refractivity (Wildman–Crippen MR) is 101 cm³/mol. The van der Waals surface area contributed by atoms with E-state index >= 15 is 0 Å². The lowest BCUT2D eigenvalue weighted by molar-refractivity contribution is -0.133. The van der Waals surface area contributed by atoms with Gasteiger partial charge in [-0.25, -0.2) is 4.39 Å². The van der Waals surface area contributed by atoms with Crippen molar-refractivity contribution >= 4 is 16.8 Å². The van der Waals surface area contributed by atoms with Crippen LogP contribution in [-0.4, -0.2) is 59.1 Å². The fourth-order valence-corrected chi connectivity index (χ4v) is 3.95. The summed E-state index contributed by atoms with van der Waals surface area (Å²) in [6.07, 6.45) is 4.69. The van der Waals surface area contributed by atoms with Gasteiger partial charge < -0.3 is 15.4 Å². The first-order valence-electron chi connectivity index (χ1n) is 9.58. The molecule has 1 aromatic carbocycles. The van der Waals surface area contributed by atoms with Crippen molar-refractivity contribution in [1.29, 1.82) is 0 Å². The first-order valence-corrected chi connectivity index (χ1v) is 9.58. The molecule has 2 aliphatic heterocycles. The molecule has 0 radical (unpaired) electrons. The van der Waals surface area contributed by atoms with Gasteiger partial charge in [-0.3, -0.25) is 14.7 Å². The number of nitrogens with zero attached hydrogens (tertiary/aromatic N) is 3. The minimum Gasteiger partial charge on any atom is -0.490 e. The second-order valence-corrected chi connectivity index (χ2v) is 7.37. The Morgan fingerprint density at radius 1 is 1.26 bits per heavy atom. The number of pyridine rings is 1. The summed E-state index contributed by atoms with van der Waals surface area (Å²) in [5, 5.41) is 0.693. The van der Waals surface area contributed by atoms with Gasteiger partial charge in [-0.15, -0.1) is 0 Å². The number of piperidine rings is 1. The van der Waals surface area contributed by atoms with Crippen LogP contribution in [-0.2, 0) is 4.79 Å². The topological polar surface area (TPSA) is 71.7 Å². The van der Waals surface area contributed by atoms with Crippen molar-refractivity contribution in [3.05, 3.63) is 36.3 Å². The van der Waals surface area contributed by atoms with Gasteiger partial charge in [-0.05, 0) is 43.9 Å². The van der Waals surface area contributed by atoms with E-state index in [2.05, 4.69) is 9.88 Å². The Morgan fingerprint density at radius 3 is 2.81 bits per heavy atom. The van der Waals surface area contributed by atoms with E-state index in [1.54, 1.807) is 4.90 Å². The zero-order valence-corrected chi connectivity index (χ0v) is 15.3. The molecule has 2 aliphatic rings.